The second kappa shape index (κ2) is 5.17. The van der Waals surface area contributed by atoms with Gasteiger partial charge in [-0.05, 0) is 41.8 Å². The van der Waals surface area contributed by atoms with Crippen LogP contribution in [0.4, 0.5) is 0 Å². The maximum atomic E-state index is 4.86. The Balaban J connectivity index is 1.40. The molecule has 0 bridgehead atoms. The molecule has 1 aliphatic heterocycles. The number of para-hydroxylation sites is 1. The third kappa shape index (κ3) is 2.43. The standard InChI is InChI=1S/C19H20N4/c1-2-13-6-8-20-18(13)16(3-1)11-23-9-7-15-10-21-19(14-4-5-14)22-17(15)12-23/h1-3,6,8,10,14,20H,4-5,7,9,11-12H2. The van der Waals surface area contributed by atoms with Crippen molar-refractivity contribution in [2.75, 3.05) is 6.54 Å². The Hall–Kier alpha value is -2.20. The summed E-state index contributed by atoms with van der Waals surface area (Å²) in [6.07, 6.45) is 7.67. The smallest absolute Gasteiger partial charge is 0.131 e. The van der Waals surface area contributed by atoms with E-state index < -0.39 is 0 Å². The van der Waals surface area contributed by atoms with Gasteiger partial charge in [0.15, 0.2) is 0 Å². The fourth-order valence-corrected chi connectivity index (χ4v) is 3.57. The highest BCUT2D eigenvalue weighted by molar-refractivity contribution is 5.82. The number of fused-ring (bicyclic) bond motifs is 2. The molecule has 3 aromatic rings. The van der Waals surface area contributed by atoms with Gasteiger partial charge < -0.3 is 4.98 Å². The number of benzene rings is 1. The lowest BCUT2D eigenvalue weighted by molar-refractivity contribution is 0.241. The van der Waals surface area contributed by atoms with Gasteiger partial charge in [0.1, 0.15) is 5.82 Å². The van der Waals surface area contributed by atoms with Crippen molar-refractivity contribution in [1.82, 2.24) is 19.9 Å². The van der Waals surface area contributed by atoms with Crippen LogP contribution in [0.5, 0.6) is 0 Å². The van der Waals surface area contributed by atoms with E-state index in [9.17, 15) is 0 Å². The first-order chi connectivity index (χ1) is 11.4. The van der Waals surface area contributed by atoms with Crippen molar-refractivity contribution in [3.63, 3.8) is 0 Å². The van der Waals surface area contributed by atoms with Gasteiger partial charge in [-0.3, -0.25) is 4.90 Å². The minimum absolute atomic E-state index is 0.628. The monoisotopic (exact) mass is 304 g/mol. The zero-order valence-electron chi connectivity index (χ0n) is 13.1. The molecule has 2 aromatic heterocycles. The third-order valence-electron chi connectivity index (χ3n) is 5.05. The van der Waals surface area contributed by atoms with Gasteiger partial charge in [-0.25, -0.2) is 9.97 Å². The van der Waals surface area contributed by atoms with Crippen LogP contribution in [0.25, 0.3) is 10.9 Å². The molecule has 1 aromatic carbocycles. The predicted octanol–water partition coefficient (Wildman–Crippen LogP) is 3.39. The summed E-state index contributed by atoms with van der Waals surface area (Å²) in [6, 6.07) is 8.68. The molecule has 0 unspecified atom stereocenters. The van der Waals surface area contributed by atoms with Crippen molar-refractivity contribution in [3.8, 4) is 0 Å². The van der Waals surface area contributed by atoms with E-state index in [1.54, 1.807) is 0 Å². The first-order valence-electron chi connectivity index (χ1n) is 8.49. The van der Waals surface area contributed by atoms with Crippen molar-refractivity contribution in [3.05, 3.63) is 59.3 Å². The van der Waals surface area contributed by atoms with Gasteiger partial charge in [0.2, 0.25) is 0 Å². The van der Waals surface area contributed by atoms with E-state index in [1.807, 2.05) is 6.20 Å². The van der Waals surface area contributed by atoms with Gasteiger partial charge in [0.25, 0.3) is 0 Å². The van der Waals surface area contributed by atoms with Crippen LogP contribution in [0, 0.1) is 0 Å². The molecule has 116 valence electrons. The Morgan fingerprint density at radius 3 is 3.09 bits per heavy atom. The summed E-state index contributed by atoms with van der Waals surface area (Å²) in [5.41, 5.74) is 5.21. The zero-order chi connectivity index (χ0) is 15.2. The number of nitrogens with one attached hydrogen (secondary N) is 1. The highest BCUT2D eigenvalue weighted by Crippen LogP contribution is 2.38. The Labute approximate surface area is 135 Å². The maximum Gasteiger partial charge on any atom is 0.131 e. The van der Waals surface area contributed by atoms with Gasteiger partial charge in [0, 0.05) is 43.5 Å². The van der Waals surface area contributed by atoms with Crippen molar-refractivity contribution in [1.29, 1.82) is 0 Å². The van der Waals surface area contributed by atoms with Crippen LogP contribution in [-0.2, 0) is 19.5 Å². The predicted molar refractivity (Wildman–Crippen MR) is 90.1 cm³/mol. The number of aromatic amines is 1. The zero-order valence-corrected chi connectivity index (χ0v) is 13.1. The van der Waals surface area contributed by atoms with Crippen molar-refractivity contribution in [2.24, 2.45) is 0 Å². The molecule has 0 amide bonds. The fourth-order valence-electron chi connectivity index (χ4n) is 3.57. The molecule has 4 nitrogen and oxygen atoms in total. The SMILES string of the molecule is c1cc(CN2CCc3cnc(C4CC4)nc3C2)c2[nH]ccc2c1. The van der Waals surface area contributed by atoms with Crippen molar-refractivity contribution in [2.45, 2.75) is 38.3 Å². The molecule has 1 N–H and O–H groups in total. The van der Waals surface area contributed by atoms with Gasteiger partial charge in [-0.15, -0.1) is 0 Å². The second-order valence-corrected chi connectivity index (χ2v) is 6.79. The number of hydrogen-bond acceptors (Lipinski definition) is 3. The van der Waals surface area contributed by atoms with Gasteiger partial charge >= 0.3 is 0 Å². The lowest BCUT2D eigenvalue weighted by Gasteiger charge is -2.28. The van der Waals surface area contributed by atoms with Crippen LogP contribution >= 0.6 is 0 Å². The molecular weight excluding hydrogens is 284 g/mol. The molecule has 0 radical (unpaired) electrons. The average Bonchev–Trinajstić information content (AvgIpc) is 3.32. The summed E-state index contributed by atoms with van der Waals surface area (Å²) < 4.78 is 0. The third-order valence-corrected chi connectivity index (χ3v) is 5.05. The first kappa shape index (κ1) is 13.3. The maximum absolute atomic E-state index is 4.86. The van der Waals surface area contributed by atoms with E-state index in [4.69, 9.17) is 4.98 Å². The van der Waals surface area contributed by atoms with Crippen LogP contribution in [0.3, 0.4) is 0 Å². The molecule has 2 aliphatic rings. The highest BCUT2D eigenvalue weighted by Gasteiger charge is 2.28. The molecule has 0 spiro atoms. The van der Waals surface area contributed by atoms with Crippen LogP contribution in [0.15, 0.2) is 36.7 Å². The van der Waals surface area contributed by atoms with Crippen LogP contribution < -0.4 is 0 Å². The largest absolute Gasteiger partial charge is 0.361 e. The molecule has 1 fully saturated rings. The Morgan fingerprint density at radius 2 is 2.17 bits per heavy atom. The minimum Gasteiger partial charge on any atom is -0.361 e. The number of rotatable bonds is 3. The lowest BCUT2D eigenvalue weighted by atomic mass is 10.0. The molecule has 0 atom stereocenters. The van der Waals surface area contributed by atoms with Gasteiger partial charge in [-0.1, -0.05) is 18.2 Å². The molecular formula is C19H20N4. The van der Waals surface area contributed by atoms with Crippen LogP contribution in [-0.4, -0.2) is 26.4 Å². The summed E-state index contributed by atoms with van der Waals surface area (Å²) in [7, 11) is 0. The number of aromatic nitrogens is 3. The number of hydrogen-bond donors (Lipinski definition) is 1. The number of nitrogens with zero attached hydrogens (tertiary/aromatic N) is 3. The summed E-state index contributed by atoms with van der Waals surface area (Å²) in [6.45, 7) is 2.99. The second-order valence-electron chi connectivity index (χ2n) is 6.79. The number of H-pyrrole nitrogens is 1. The molecule has 4 heteroatoms. The van der Waals surface area contributed by atoms with E-state index in [0.717, 1.165) is 31.9 Å². The van der Waals surface area contributed by atoms with Gasteiger partial charge in [-0.2, -0.15) is 0 Å². The quantitative estimate of drug-likeness (QED) is 0.806. The lowest BCUT2D eigenvalue weighted by Crippen LogP contribution is -2.31. The molecule has 23 heavy (non-hydrogen) atoms. The van der Waals surface area contributed by atoms with Crippen LogP contribution in [0.2, 0.25) is 0 Å². The Morgan fingerprint density at radius 1 is 1.22 bits per heavy atom. The Bertz CT molecular complexity index is 863. The molecule has 3 heterocycles. The highest BCUT2D eigenvalue weighted by atomic mass is 15.1. The van der Waals surface area contributed by atoms with Gasteiger partial charge in [0.05, 0.1) is 5.69 Å². The summed E-state index contributed by atoms with van der Waals surface area (Å²) in [5, 5.41) is 1.29. The van der Waals surface area contributed by atoms with E-state index in [-0.39, 0.29) is 0 Å². The van der Waals surface area contributed by atoms with E-state index in [1.165, 1.54) is 40.6 Å². The topological polar surface area (TPSA) is 44.8 Å². The molecule has 0 saturated heterocycles. The molecule has 1 saturated carbocycles. The average molecular weight is 304 g/mol. The fraction of sp³-hybridized carbons (Fsp3) is 0.368. The normalized spacial score (nSPS) is 18.3. The van der Waals surface area contributed by atoms with Crippen molar-refractivity contribution >= 4 is 10.9 Å². The first-order valence-corrected chi connectivity index (χ1v) is 8.49. The van der Waals surface area contributed by atoms with Crippen molar-refractivity contribution < 1.29 is 0 Å². The van der Waals surface area contributed by atoms with E-state index >= 15 is 0 Å². The summed E-state index contributed by atoms with van der Waals surface area (Å²) in [5.74, 6) is 1.69. The Kier molecular flexibility index (Phi) is 2.98. The minimum atomic E-state index is 0.628. The molecule has 1 aliphatic carbocycles. The summed E-state index contributed by atoms with van der Waals surface area (Å²) in [4.78, 5) is 15.3. The van der Waals surface area contributed by atoms with E-state index in [2.05, 4.69) is 45.3 Å². The van der Waals surface area contributed by atoms with Crippen LogP contribution in [0.1, 0.15) is 41.4 Å². The summed E-state index contributed by atoms with van der Waals surface area (Å²) >= 11 is 0. The molecule has 5 rings (SSSR count). The van der Waals surface area contributed by atoms with E-state index in [0.29, 0.717) is 5.92 Å².